The fourth-order valence-electron chi connectivity index (χ4n) is 1.62. The fraction of sp³-hybridized carbons (Fsp3) is 0.0714. The van der Waals surface area contributed by atoms with Gasteiger partial charge in [0.25, 0.3) is 0 Å². The third-order valence-electron chi connectivity index (χ3n) is 2.53. The van der Waals surface area contributed by atoms with Gasteiger partial charge in [0.05, 0.1) is 4.47 Å². The molecule has 0 bridgehead atoms. The van der Waals surface area contributed by atoms with Gasteiger partial charge in [-0.05, 0) is 39.7 Å². The van der Waals surface area contributed by atoms with Crippen LogP contribution >= 0.6 is 27.5 Å². The SMILES string of the molecule is O=C(Cc1cccc(F)c1Br)c1cccc(Cl)c1. The number of hydrogen-bond acceptors (Lipinski definition) is 1. The Hall–Kier alpha value is -1.19. The van der Waals surface area contributed by atoms with Crippen LogP contribution in [0.15, 0.2) is 46.9 Å². The minimum atomic E-state index is -0.369. The van der Waals surface area contributed by atoms with Gasteiger partial charge in [-0.25, -0.2) is 4.39 Å². The lowest BCUT2D eigenvalue weighted by atomic mass is 10.0. The van der Waals surface area contributed by atoms with Crippen LogP contribution in [0.3, 0.4) is 0 Å². The lowest BCUT2D eigenvalue weighted by Gasteiger charge is -2.05. The zero-order valence-corrected chi connectivity index (χ0v) is 11.6. The molecule has 0 aliphatic heterocycles. The van der Waals surface area contributed by atoms with Crippen molar-refractivity contribution in [3.63, 3.8) is 0 Å². The molecule has 1 nitrogen and oxygen atoms in total. The van der Waals surface area contributed by atoms with Crippen LogP contribution in [0.1, 0.15) is 15.9 Å². The minimum absolute atomic E-state index is 0.0937. The van der Waals surface area contributed by atoms with E-state index in [1.165, 1.54) is 6.07 Å². The first-order valence-corrected chi connectivity index (χ1v) is 6.46. The topological polar surface area (TPSA) is 17.1 Å². The molecular weight excluding hydrogens is 319 g/mol. The Balaban J connectivity index is 2.24. The zero-order chi connectivity index (χ0) is 13.1. The molecule has 4 heteroatoms. The van der Waals surface area contributed by atoms with Gasteiger partial charge >= 0.3 is 0 Å². The molecule has 0 spiro atoms. The van der Waals surface area contributed by atoms with Crippen molar-refractivity contribution in [3.05, 3.63) is 68.9 Å². The second-order valence-corrected chi connectivity index (χ2v) is 5.05. The van der Waals surface area contributed by atoms with Gasteiger partial charge in [0.1, 0.15) is 5.82 Å². The molecule has 0 atom stereocenters. The van der Waals surface area contributed by atoms with Crippen LogP contribution in [-0.4, -0.2) is 5.78 Å². The molecule has 0 saturated heterocycles. The first-order valence-electron chi connectivity index (χ1n) is 5.29. The van der Waals surface area contributed by atoms with Crippen molar-refractivity contribution in [1.82, 2.24) is 0 Å². The van der Waals surface area contributed by atoms with E-state index in [9.17, 15) is 9.18 Å². The summed E-state index contributed by atoms with van der Waals surface area (Å²) >= 11 is 8.97. The maximum Gasteiger partial charge on any atom is 0.167 e. The first kappa shape index (κ1) is 13.2. The number of hydrogen-bond donors (Lipinski definition) is 0. The molecular formula is C14H9BrClFO. The van der Waals surface area contributed by atoms with Crippen LogP contribution in [0.25, 0.3) is 0 Å². The van der Waals surface area contributed by atoms with Gasteiger partial charge in [0.2, 0.25) is 0 Å². The number of carbonyl (C=O) groups excluding carboxylic acids is 1. The molecule has 0 aromatic heterocycles. The maximum absolute atomic E-state index is 13.3. The predicted molar refractivity (Wildman–Crippen MR) is 73.6 cm³/mol. The molecule has 0 heterocycles. The van der Waals surface area contributed by atoms with Gasteiger partial charge < -0.3 is 0 Å². The minimum Gasteiger partial charge on any atom is -0.294 e. The highest BCUT2D eigenvalue weighted by Gasteiger charge is 2.11. The molecule has 2 rings (SSSR count). The lowest BCUT2D eigenvalue weighted by molar-refractivity contribution is 0.0993. The molecule has 0 fully saturated rings. The molecule has 2 aromatic rings. The number of ketones is 1. The van der Waals surface area contributed by atoms with E-state index in [1.54, 1.807) is 36.4 Å². The summed E-state index contributed by atoms with van der Waals surface area (Å²) in [5.41, 5.74) is 1.15. The third-order valence-corrected chi connectivity index (χ3v) is 3.65. The Labute approximate surface area is 118 Å². The van der Waals surface area contributed by atoms with Gasteiger partial charge in [-0.1, -0.05) is 35.9 Å². The highest BCUT2D eigenvalue weighted by Crippen LogP contribution is 2.22. The first-order chi connectivity index (χ1) is 8.58. The standard InChI is InChI=1S/C14H9BrClFO/c15-14-10(4-2-6-12(14)17)8-13(18)9-3-1-5-11(16)7-9/h1-7H,8H2. The van der Waals surface area contributed by atoms with Crippen molar-refractivity contribution in [1.29, 1.82) is 0 Å². The number of benzene rings is 2. The zero-order valence-electron chi connectivity index (χ0n) is 9.29. The fourth-order valence-corrected chi connectivity index (χ4v) is 2.22. The van der Waals surface area contributed by atoms with E-state index >= 15 is 0 Å². The van der Waals surface area contributed by atoms with Crippen molar-refractivity contribution in [3.8, 4) is 0 Å². The number of halogens is 3. The highest BCUT2D eigenvalue weighted by molar-refractivity contribution is 9.10. The summed E-state index contributed by atoms with van der Waals surface area (Å²) in [5.74, 6) is -0.463. The molecule has 2 aromatic carbocycles. The summed E-state index contributed by atoms with van der Waals surface area (Å²) < 4.78 is 13.7. The molecule has 0 N–H and O–H groups in total. The Morgan fingerprint density at radius 3 is 2.67 bits per heavy atom. The average molecular weight is 328 g/mol. The van der Waals surface area contributed by atoms with Crippen LogP contribution in [-0.2, 0) is 6.42 Å². The quantitative estimate of drug-likeness (QED) is 0.749. The summed E-state index contributed by atoms with van der Waals surface area (Å²) in [6, 6.07) is 11.4. The number of Topliss-reactive ketones (excluding diaryl/α,β-unsaturated/α-hetero) is 1. The normalized spacial score (nSPS) is 10.4. The molecule has 0 aliphatic carbocycles. The molecule has 0 radical (unpaired) electrons. The smallest absolute Gasteiger partial charge is 0.167 e. The summed E-state index contributed by atoms with van der Waals surface area (Å²) in [5, 5.41) is 0.513. The molecule has 0 saturated carbocycles. The van der Waals surface area contributed by atoms with Crippen molar-refractivity contribution in [2.45, 2.75) is 6.42 Å². The van der Waals surface area contributed by atoms with Crippen LogP contribution in [0.4, 0.5) is 4.39 Å². The number of rotatable bonds is 3. The predicted octanol–water partition coefficient (Wildman–Crippen LogP) is 4.67. The van der Waals surface area contributed by atoms with Gasteiger partial charge in [-0.3, -0.25) is 4.79 Å². The van der Waals surface area contributed by atoms with Crippen molar-refractivity contribution in [2.75, 3.05) is 0 Å². The van der Waals surface area contributed by atoms with E-state index in [0.717, 1.165) is 0 Å². The maximum atomic E-state index is 13.3. The largest absolute Gasteiger partial charge is 0.294 e. The van der Waals surface area contributed by atoms with Crippen molar-refractivity contribution >= 4 is 33.3 Å². The molecule has 0 unspecified atom stereocenters. The Bertz CT molecular complexity index is 598. The number of carbonyl (C=O) groups is 1. The highest BCUT2D eigenvalue weighted by atomic mass is 79.9. The molecule has 92 valence electrons. The Morgan fingerprint density at radius 2 is 1.94 bits per heavy atom. The summed E-state index contributed by atoms with van der Waals surface area (Å²) in [6.07, 6.45) is 0.138. The Morgan fingerprint density at radius 1 is 1.22 bits per heavy atom. The van der Waals surface area contributed by atoms with Crippen molar-refractivity contribution < 1.29 is 9.18 Å². The van der Waals surface area contributed by atoms with Gasteiger partial charge in [-0.2, -0.15) is 0 Å². The summed E-state index contributed by atoms with van der Waals surface area (Å²) in [6.45, 7) is 0. The van der Waals surface area contributed by atoms with E-state index in [-0.39, 0.29) is 18.0 Å². The van der Waals surface area contributed by atoms with E-state index < -0.39 is 0 Å². The summed E-state index contributed by atoms with van der Waals surface area (Å²) in [7, 11) is 0. The average Bonchev–Trinajstić information content (AvgIpc) is 2.35. The molecule has 0 aliphatic rings. The van der Waals surface area contributed by atoms with E-state index in [2.05, 4.69) is 15.9 Å². The van der Waals surface area contributed by atoms with E-state index in [0.29, 0.717) is 20.6 Å². The van der Waals surface area contributed by atoms with Crippen LogP contribution in [0, 0.1) is 5.82 Å². The van der Waals surface area contributed by atoms with Crippen molar-refractivity contribution in [2.24, 2.45) is 0 Å². The van der Waals surface area contributed by atoms with E-state index in [4.69, 9.17) is 11.6 Å². The van der Waals surface area contributed by atoms with Crippen LogP contribution in [0.2, 0.25) is 5.02 Å². The second kappa shape index (κ2) is 5.63. The third kappa shape index (κ3) is 2.98. The second-order valence-electron chi connectivity index (χ2n) is 3.82. The van der Waals surface area contributed by atoms with Gasteiger partial charge in [0, 0.05) is 17.0 Å². The lowest BCUT2D eigenvalue weighted by Crippen LogP contribution is -2.04. The van der Waals surface area contributed by atoms with Crippen LogP contribution in [0.5, 0.6) is 0 Å². The van der Waals surface area contributed by atoms with E-state index in [1.807, 2.05) is 0 Å². The summed E-state index contributed by atoms with van der Waals surface area (Å²) in [4.78, 5) is 12.0. The van der Waals surface area contributed by atoms with Crippen LogP contribution < -0.4 is 0 Å². The van der Waals surface area contributed by atoms with Gasteiger partial charge in [-0.15, -0.1) is 0 Å². The Kier molecular flexibility index (Phi) is 4.15. The monoisotopic (exact) mass is 326 g/mol. The van der Waals surface area contributed by atoms with Gasteiger partial charge in [0.15, 0.2) is 5.78 Å². The molecule has 18 heavy (non-hydrogen) atoms. The molecule has 0 amide bonds.